The van der Waals surface area contributed by atoms with Gasteiger partial charge < -0.3 is 4.98 Å². The first-order valence-corrected chi connectivity index (χ1v) is 22.9. The Morgan fingerprint density at radius 3 is 2.30 bits per heavy atom. The third-order valence-electron chi connectivity index (χ3n) is 8.12. The van der Waals surface area contributed by atoms with Crippen molar-refractivity contribution >= 4 is 49.2 Å². The van der Waals surface area contributed by atoms with E-state index in [1.807, 2.05) is 42.6 Å². The van der Waals surface area contributed by atoms with E-state index in [4.69, 9.17) is 0 Å². The fourth-order valence-corrected chi connectivity index (χ4v) is 8.92. The number of aromatic nitrogens is 2. The quantitative estimate of drug-likeness (QED) is 0.128. The van der Waals surface area contributed by atoms with E-state index in [-0.39, 0.29) is 25.9 Å². The zero-order valence-corrected chi connectivity index (χ0v) is 30.1. The monoisotopic (exact) mass is 825 g/mol. The van der Waals surface area contributed by atoms with E-state index in [9.17, 15) is 4.39 Å². The minimum absolute atomic E-state index is 0. The van der Waals surface area contributed by atoms with Crippen LogP contribution in [0.25, 0.3) is 42.7 Å². The van der Waals surface area contributed by atoms with Crippen molar-refractivity contribution in [3.8, 4) is 22.5 Å². The van der Waals surface area contributed by atoms with Crippen LogP contribution in [0.4, 0.5) is 4.39 Å². The Labute approximate surface area is 274 Å². The maximum atomic E-state index is 14.3. The van der Waals surface area contributed by atoms with E-state index in [1.165, 1.54) is 56.4 Å². The SMILES string of the molecule is Fc1cnc(-c2[c-]cc3sc4ccccc4c3c2)cc1CC1CCCC1.[CH3][Ge]([CH3])([CH3])[c]1ccc(-c2[c-]cccc2)nc1.[Ir]. The fourth-order valence-electron chi connectivity index (χ4n) is 5.68. The predicted molar refractivity (Wildman–Crippen MR) is 179 cm³/mol. The molecule has 3 aromatic carbocycles. The van der Waals surface area contributed by atoms with Crippen LogP contribution in [-0.4, -0.2) is 23.2 Å². The number of halogens is 1. The van der Waals surface area contributed by atoms with Crippen molar-refractivity contribution in [2.75, 3.05) is 0 Å². The number of hydrogen-bond acceptors (Lipinski definition) is 3. The van der Waals surface area contributed by atoms with Crippen molar-refractivity contribution in [3.63, 3.8) is 0 Å². The number of thiophene rings is 1. The topological polar surface area (TPSA) is 25.8 Å². The van der Waals surface area contributed by atoms with E-state index < -0.39 is 13.3 Å². The van der Waals surface area contributed by atoms with Gasteiger partial charge in [0.1, 0.15) is 5.82 Å². The summed E-state index contributed by atoms with van der Waals surface area (Å²) in [6, 6.07) is 33.4. The number of pyridine rings is 2. The van der Waals surface area contributed by atoms with Crippen LogP contribution in [0.5, 0.6) is 0 Å². The van der Waals surface area contributed by atoms with Gasteiger partial charge in [-0.05, 0) is 39.7 Å². The molecule has 0 N–H and O–H groups in total. The summed E-state index contributed by atoms with van der Waals surface area (Å²) in [5.41, 5.74) is 4.63. The second-order valence-corrected chi connectivity index (χ2v) is 23.9. The maximum Gasteiger partial charge on any atom is 0 e. The average molecular weight is 824 g/mol. The van der Waals surface area contributed by atoms with Gasteiger partial charge in [0.05, 0.1) is 6.20 Å². The molecule has 1 fully saturated rings. The number of hydrogen-bond donors (Lipinski definition) is 0. The number of rotatable bonds is 5. The molecule has 1 saturated carbocycles. The van der Waals surface area contributed by atoms with Crippen LogP contribution in [0.1, 0.15) is 31.2 Å². The maximum absolute atomic E-state index is 14.3. The second-order valence-electron chi connectivity index (χ2n) is 12.2. The Balaban J connectivity index is 0.000000188. The van der Waals surface area contributed by atoms with Gasteiger partial charge in [0.25, 0.3) is 0 Å². The van der Waals surface area contributed by atoms with E-state index in [2.05, 4.69) is 81.8 Å². The van der Waals surface area contributed by atoms with Crippen molar-refractivity contribution in [2.24, 2.45) is 5.92 Å². The molecule has 3 aromatic heterocycles. The van der Waals surface area contributed by atoms with Gasteiger partial charge in [-0.25, -0.2) is 4.39 Å². The average Bonchev–Trinajstić information content (AvgIpc) is 3.66. The van der Waals surface area contributed by atoms with Gasteiger partial charge in [0.2, 0.25) is 0 Å². The van der Waals surface area contributed by atoms with Crippen LogP contribution in [0.15, 0.2) is 91.3 Å². The summed E-state index contributed by atoms with van der Waals surface area (Å²) in [5.74, 6) is 7.58. The minimum atomic E-state index is -1.72. The van der Waals surface area contributed by atoms with Gasteiger partial charge in [-0.3, -0.25) is 0 Å². The van der Waals surface area contributed by atoms with Gasteiger partial charge in [-0.15, -0.1) is 23.8 Å². The van der Waals surface area contributed by atoms with Gasteiger partial charge >= 0.3 is 99.8 Å². The van der Waals surface area contributed by atoms with Gasteiger partial charge in [-0.1, -0.05) is 55.3 Å². The van der Waals surface area contributed by atoms with Crippen molar-refractivity contribution in [1.82, 2.24) is 9.97 Å². The largest absolute Gasteiger partial charge is 0 e. The zero-order valence-electron chi connectivity index (χ0n) is 24.8. The van der Waals surface area contributed by atoms with Crippen molar-refractivity contribution < 1.29 is 24.5 Å². The second kappa shape index (κ2) is 13.9. The molecule has 1 radical (unpaired) electrons. The van der Waals surface area contributed by atoms with Crippen molar-refractivity contribution in [1.29, 1.82) is 0 Å². The van der Waals surface area contributed by atoms with Crippen molar-refractivity contribution in [2.45, 2.75) is 49.4 Å². The fraction of sp³-hybridized carbons (Fsp3) is 0.243. The Morgan fingerprint density at radius 2 is 1.58 bits per heavy atom. The molecule has 1 aliphatic rings. The third kappa shape index (κ3) is 7.52. The first kappa shape index (κ1) is 31.7. The van der Waals surface area contributed by atoms with Crippen LogP contribution in [0.2, 0.25) is 17.3 Å². The van der Waals surface area contributed by atoms with Crippen LogP contribution in [-0.2, 0) is 26.5 Å². The molecular formula is C37H35FGeIrN2S-2. The normalized spacial score (nSPS) is 13.5. The molecule has 0 amide bonds. The molecule has 0 unspecified atom stereocenters. The van der Waals surface area contributed by atoms with Gasteiger partial charge in [0, 0.05) is 24.8 Å². The molecule has 3 heterocycles. The Hall–Kier alpha value is -2.70. The summed E-state index contributed by atoms with van der Waals surface area (Å²) in [5, 5.41) is 2.49. The summed E-state index contributed by atoms with van der Waals surface area (Å²) in [4.78, 5) is 8.88. The first-order valence-electron chi connectivity index (χ1n) is 14.8. The zero-order chi connectivity index (χ0) is 29.1. The van der Waals surface area contributed by atoms with E-state index in [0.717, 1.165) is 34.5 Å². The van der Waals surface area contributed by atoms with Crippen LogP contribution < -0.4 is 4.40 Å². The molecule has 0 spiro atoms. The molecule has 6 aromatic rings. The molecule has 43 heavy (non-hydrogen) atoms. The smallest absolute Gasteiger partial charge is 0 e. The summed E-state index contributed by atoms with van der Waals surface area (Å²) in [6.07, 6.45) is 9.23. The molecular weight excluding hydrogens is 788 g/mol. The predicted octanol–water partition coefficient (Wildman–Crippen LogP) is 9.88. The molecule has 0 bridgehead atoms. The number of fused-ring (bicyclic) bond motifs is 3. The Morgan fingerprint density at radius 1 is 0.814 bits per heavy atom. The molecule has 221 valence electrons. The summed E-state index contributed by atoms with van der Waals surface area (Å²) < 4.78 is 18.2. The minimum Gasteiger partial charge on any atom is 0 e. The molecule has 1 aliphatic carbocycles. The number of benzene rings is 3. The van der Waals surface area contributed by atoms with Crippen LogP contribution in [0.3, 0.4) is 0 Å². The van der Waals surface area contributed by atoms with Gasteiger partial charge in [0.15, 0.2) is 0 Å². The van der Waals surface area contributed by atoms with E-state index >= 15 is 0 Å². The van der Waals surface area contributed by atoms with Crippen LogP contribution in [0, 0.1) is 23.9 Å². The standard InChI is InChI=1S/C23H19FNS.C14H16GeN.Ir/c24-20-14-25-21(13-17(20)11-15-5-1-2-6-15)16-9-10-23-19(12-16)18-7-3-4-8-22(18)26-23;1-15(2,3)13-9-10-14(16-11-13)12-7-5-4-6-8-12;/h3-4,7-8,10,12-15H,1-2,5-6,11H2;4-7,9-11H,1-3H3;/q2*-1;. The molecule has 0 saturated heterocycles. The first-order chi connectivity index (χ1) is 20.3. The Kier molecular flexibility index (Phi) is 10.3. The summed E-state index contributed by atoms with van der Waals surface area (Å²) in [7, 11) is 0. The summed E-state index contributed by atoms with van der Waals surface area (Å²) >= 11 is 0.0649. The number of nitrogens with zero attached hydrogens (tertiary/aromatic N) is 2. The molecule has 0 aliphatic heterocycles. The summed E-state index contributed by atoms with van der Waals surface area (Å²) in [6.45, 7) is 0. The Bertz CT molecular complexity index is 1810. The molecule has 2 nitrogen and oxygen atoms in total. The molecule has 7 rings (SSSR count). The van der Waals surface area contributed by atoms with Crippen molar-refractivity contribution in [3.05, 3.63) is 115 Å². The van der Waals surface area contributed by atoms with E-state index in [0.29, 0.717) is 5.92 Å². The molecule has 0 atom stereocenters. The van der Waals surface area contributed by atoms with Gasteiger partial charge in [-0.2, -0.15) is 11.3 Å². The molecule has 6 heteroatoms. The van der Waals surface area contributed by atoms with E-state index in [1.54, 1.807) is 11.3 Å². The third-order valence-corrected chi connectivity index (χ3v) is 13.5. The van der Waals surface area contributed by atoms with Crippen LogP contribution >= 0.6 is 11.3 Å².